The van der Waals surface area contributed by atoms with Crippen molar-refractivity contribution in [2.24, 2.45) is 22.7 Å². The largest absolute Gasteiger partial charge is 0.547 e. The smallest absolute Gasteiger partial charge is 0.241 e. The van der Waals surface area contributed by atoms with E-state index in [4.69, 9.17) is 13.3 Å². The Morgan fingerprint density at radius 2 is 1.50 bits per heavy atom. The summed E-state index contributed by atoms with van der Waals surface area (Å²) < 4.78 is 38.7. The molecular weight excluding hydrogens is 500 g/mol. The van der Waals surface area contributed by atoms with Crippen LogP contribution in [0.5, 0.6) is 0 Å². The van der Waals surface area contributed by atoms with E-state index < -0.39 is 42.1 Å². The van der Waals surface area contributed by atoms with Gasteiger partial charge in [-0.05, 0) is 116 Å². The lowest BCUT2D eigenvalue weighted by Crippen LogP contribution is -2.69. The predicted octanol–water partition coefficient (Wildman–Crippen LogP) is 8.83. The van der Waals surface area contributed by atoms with Crippen LogP contribution in [0.25, 0.3) is 0 Å². The molecule has 2 saturated carbocycles. The van der Waals surface area contributed by atoms with Crippen LogP contribution >= 0.6 is 0 Å². The van der Waals surface area contributed by atoms with Gasteiger partial charge in [0, 0.05) is 23.2 Å². The molecule has 0 aliphatic heterocycles. The van der Waals surface area contributed by atoms with Crippen molar-refractivity contribution in [2.75, 3.05) is 0 Å². The lowest BCUT2D eigenvalue weighted by atomic mass is 9.45. The summed E-state index contributed by atoms with van der Waals surface area (Å²) in [7, 11) is -5.48. The second-order valence-corrected chi connectivity index (χ2v) is 29.2. The van der Waals surface area contributed by atoms with Crippen molar-refractivity contribution in [2.45, 2.75) is 136 Å². The standard InChI is InChI=1S/C29H53FO3Si3/c1-26-17-15-22(31-34(4,5)6)19-21(26)13-14-24-23-16-18-28(3,33-36(10,11)12)27(23,2)20-25(29(24,26)30)32-35(7,8)9/h13,19,23-25H,14-18,20H2,1-12H3/t23?,24?,25-,26?,27?,28-,29-/m0/s1. The molecule has 2 fully saturated rings. The highest BCUT2D eigenvalue weighted by Gasteiger charge is 2.73. The van der Waals surface area contributed by atoms with E-state index in [0.29, 0.717) is 5.92 Å². The number of allylic oxidation sites excluding steroid dienone is 4. The van der Waals surface area contributed by atoms with Gasteiger partial charge in [-0.15, -0.1) is 0 Å². The Labute approximate surface area is 224 Å². The van der Waals surface area contributed by atoms with Crippen molar-refractivity contribution in [3.8, 4) is 0 Å². The van der Waals surface area contributed by atoms with Crippen molar-refractivity contribution in [3.63, 3.8) is 0 Å². The van der Waals surface area contributed by atoms with Gasteiger partial charge in [0.2, 0.25) is 8.32 Å². The maximum absolute atomic E-state index is 18.4. The predicted molar refractivity (Wildman–Crippen MR) is 156 cm³/mol. The van der Waals surface area contributed by atoms with E-state index in [1.165, 1.54) is 0 Å². The Balaban J connectivity index is 1.81. The second kappa shape index (κ2) is 8.64. The van der Waals surface area contributed by atoms with Crippen LogP contribution in [-0.2, 0) is 13.3 Å². The molecular formula is C29H53FO3Si3. The minimum atomic E-state index is -2.00. The van der Waals surface area contributed by atoms with E-state index >= 15 is 4.39 Å². The van der Waals surface area contributed by atoms with Gasteiger partial charge < -0.3 is 13.3 Å². The van der Waals surface area contributed by atoms with Gasteiger partial charge in [0.05, 0.1) is 17.5 Å². The molecule has 4 aliphatic rings. The molecule has 0 radical (unpaired) electrons. The molecule has 0 N–H and O–H groups in total. The summed E-state index contributed by atoms with van der Waals surface area (Å²) in [6.07, 6.45) is 9.37. The fraction of sp³-hybridized carbons (Fsp3) is 0.862. The molecule has 0 spiro atoms. The van der Waals surface area contributed by atoms with Crippen LogP contribution in [0, 0.1) is 22.7 Å². The zero-order chi connectivity index (χ0) is 27.2. The van der Waals surface area contributed by atoms with Gasteiger partial charge in [0.15, 0.2) is 16.6 Å². The maximum Gasteiger partial charge on any atom is 0.241 e. The van der Waals surface area contributed by atoms with Crippen molar-refractivity contribution in [3.05, 3.63) is 23.5 Å². The second-order valence-electron chi connectivity index (χ2n) is 15.9. The fourth-order valence-electron chi connectivity index (χ4n) is 8.35. The topological polar surface area (TPSA) is 27.7 Å². The summed E-state index contributed by atoms with van der Waals surface area (Å²) >= 11 is 0. The first-order valence-electron chi connectivity index (χ1n) is 14.3. The van der Waals surface area contributed by atoms with Crippen molar-refractivity contribution in [1.29, 1.82) is 0 Å². The molecule has 0 aromatic heterocycles. The lowest BCUT2D eigenvalue weighted by Gasteiger charge is -2.65. The SMILES string of the molecule is CC12C[C@H](O[Si](C)(C)C)[C@@]3(F)C(CC=C4C=C(O[Si](C)(C)C)CCC43C)C1CC[C@]2(C)O[Si](C)(C)C. The summed E-state index contributed by atoms with van der Waals surface area (Å²) in [5.74, 6) is 1.33. The number of hydrogen-bond acceptors (Lipinski definition) is 3. The Hall–Kier alpha value is -0.219. The van der Waals surface area contributed by atoms with Crippen LogP contribution in [0.2, 0.25) is 58.9 Å². The Bertz CT molecular complexity index is 945. The van der Waals surface area contributed by atoms with Crippen LogP contribution < -0.4 is 0 Å². The molecule has 0 aromatic rings. The third-order valence-corrected chi connectivity index (χ3v) is 12.7. The van der Waals surface area contributed by atoms with E-state index in [1.54, 1.807) is 0 Å². The number of hydrogen-bond donors (Lipinski definition) is 0. The average Bonchev–Trinajstić information content (AvgIpc) is 2.90. The molecule has 4 aliphatic carbocycles. The first-order chi connectivity index (χ1) is 16.1. The van der Waals surface area contributed by atoms with Crippen LogP contribution in [0.4, 0.5) is 4.39 Å². The highest BCUT2D eigenvalue weighted by molar-refractivity contribution is 6.70. The van der Waals surface area contributed by atoms with Gasteiger partial charge in [-0.1, -0.05) is 19.9 Å². The van der Waals surface area contributed by atoms with E-state index in [2.05, 4.69) is 91.8 Å². The summed E-state index contributed by atoms with van der Waals surface area (Å²) in [4.78, 5) is 0. The molecule has 0 amide bonds. The van der Waals surface area contributed by atoms with Crippen LogP contribution in [-0.4, -0.2) is 42.3 Å². The summed E-state index contributed by atoms with van der Waals surface area (Å²) in [6, 6.07) is 0. The van der Waals surface area contributed by atoms with Crippen LogP contribution in [0.3, 0.4) is 0 Å². The minimum Gasteiger partial charge on any atom is -0.547 e. The molecule has 4 rings (SSSR count). The third-order valence-electron chi connectivity index (χ3n) is 9.79. The van der Waals surface area contributed by atoms with Crippen molar-refractivity contribution in [1.82, 2.24) is 0 Å². The van der Waals surface area contributed by atoms with E-state index in [1.807, 2.05) is 0 Å². The molecule has 3 nitrogen and oxygen atoms in total. The molecule has 206 valence electrons. The highest BCUT2D eigenvalue weighted by Crippen LogP contribution is 2.71. The number of fused-ring (bicyclic) bond motifs is 5. The molecule has 0 bridgehead atoms. The van der Waals surface area contributed by atoms with Gasteiger partial charge in [0.1, 0.15) is 5.67 Å². The fourth-order valence-corrected chi connectivity index (χ4v) is 12.1. The highest BCUT2D eigenvalue weighted by atomic mass is 28.4. The van der Waals surface area contributed by atoms with Gasteiger partial charge in [-0.3, -0.25) is 0 Å². The molecule has 7 heteroatoms. The summed E-state index contributed by atoms with van der Waals surface area (Å²) in [6.45, 7) is 27.1. The van der Waals surface area contributed by atoms with Gasteiger partial charge in [-0.2, -0.15) is 0 Å². The Morgan fingerprint density at radius 3 is 2.06 bits per heavy atom. The number of alkyl halides is 1. The molecule has 7 atom stereocenters. The molecule has 0 heterocycles. The van der Waals surface area contributed by atoms with Crippen LogP contribution in [0.1, 0.15) is 59.3 Å². The zero-order valence-corrected chi connectivity index (χ0v) is 28.2. The van der Waals surface area contributed by atoms with Gasteiger partial charge in [0.25, 0.3) is 0 Å². The first kappa shape index (κ1) is 28.8. The molecule has 0 aromatic carbocycles. The number of rotatable bonds is 6. The minimum absolute atomic E-state index is 0.0359. The zero-order valence-electron chi connectivity index (χ0n) is 25.2. The average molecular weight is 553 g/mol. The Kier molecular flexibility index (Phi) is 6.91. The maximum atomic E-state index is 18.4. The van der Waals surface area contributed by atoms with E-state index in [9.17, 15) is 0 Å². The van der Waals surface area contributed by atoms with Gasteiger partial charge >= 0.3 is 0 Å². The molecule has 36 heavy (non-hydrogen) atoms. The van der Waals surface area contributed by atoms with Crippen molar-refractivity contribution >= 4 is 25.0 Å². The summed E-state index contributed by atoms with van der Waals surface area (Å²) in [5, 5.41) is 0. The quantitative estimate of drug-likeness (QED) is 0.308. The van der Waals surface area contributed by atoms with E-state index in [-0.39, 0.29) is 16.9 Å². The van der Waals surface area contributed by atoms with E-state index in [0.717, 1.165) is 49.9 Å². The Morgan fingerprint density at radius 1 is 0.861 bits per heavy atom. The third kappa shape index (κ3) is 4.71. The monoisotopic (exact) mass is 552 g/mol. The van der Waals surface area contributed by atoms with Crippen molar-refractivity contribution < 1.29 is 17.7 Å². The lowest BCUT2D eigenvalue weighted by molar-refractivity contribution is -0.210. The van der Waals surface area contributed by atoms with Gasteiger partial charge in [-0.25, -0.2) is 4.39 Å². The molecule has 0 saturated heterocycles. The number of halogens is 1. The normalized spacial score (nSPS) is 43.2. The first-order valence-corrected chi connectivity index (χ1v) is 24.5. The summed E-state index contributed by atoms with van der Waals surface area (Å²) in [5.41, 5.74) is -1.09. The molecule has 4 unspecified atom stereocenters. The van der Waals surface area contributed by atoms with Crippen LogP contribution in [0.15, 0.2) is 23.5 Å².